The molecule has 2 N–H and O–H groups in total. The van der Waals surface area contributed by atoms with E-state index in [9.17, 15) is 4.79 Å². The van der Waals surface area contributed by atoms with Crippen molar-refractivity contribution in [2.24, 2.45) is 0 Å². The topological polar surface area (TPSA) is 44.9 Å². The van der Waals surface area contributed by atoms with Gasteiger partial charge in [-0.05, 0) is 42.3 Å². The van der Waals surface area contributed by atoms with Gasteiger partial charge in [-0.1, -0.05) is 35.9 Å². The predicted octanol–water partition coefficient (Wildman–Crippen LogP) is 4.06. The maximum Gasteiger partial charge on any atom is 0.267 e. The molecule has 0 aliphatic carbocycles. The van der Waals surface area contributed by atoms with Crippen LogP contribution in [0.2, 0.25) is 5.02 Å². The number of hydrogen-bond donors (Lipinski definition) is 2. The Kier molecular flexibility index (Phi) is 3.67. The Morgan fingerprint density at radius 3 is 2.67 bits per heavy atom. The van der Waals surface area contributed by atoms with Crippen molar-refractivity contribution in [1.82, 2.24) is 10.3 Å². The van der Waals surface area contributed by atoms with Gasteiger partial charge in [-0.2, -0.15) is 0 Å². The van der Waals surface area contributed by atoms with Crippen molar-refractivity contribution in [3.8, 4) is 0 Å². The van der Waals surface area contributed by atoms with E-state index in [1.54, 1.807) is 0 Å². The lowest BCUT2D eigenvalue weighted by atomic mass is 10.2. The van der Waals surface area contributed by atoms with Crippen LogP contribution in [-0.2, 0) is 6.54 Å². The molecule has 0 aliphatic rings. The van der Waals surface area contributed by atoms with E-state index in [1.165, 1.54) is 0 Å². The molecule has 0 radical (unpaired) electrons. The molecule has 1 amide bonds. The van der Waals surface area contributed by atoms with Crippen molar-refractivity contribution in [1.29, 1.82) is 0 Å². The van der Waals surface area contributed by atoms with Crippen molar-refractivity contribution in [2.45, 2.75) is 13.5 Å². The normalized spacial score (nSPS) is 10.8. The number of hydrogen-bond acceptors (Lipinski definition) is 1. The van der Waals surface area contributed by atoms with E-state index < -0.39 is 0 Å². The van der Waals surface area contributed by atoms with Crippen molar-refractivity contribution < 1.29 is 4.79 Å². The molecule has 0 atom stereocenters. The Bertz CT molecular complexity index is 790. The van der Waals surface area contributed by atoms with Gasteiger partial charge in [0.25, 0.3) is 5.91 Å². The quantitative estimate of drug-likeness (QED) is 0.752. The molecule has 0 unspecified atom stereocenters. The Hall–Kier alpha value is -2.26. The van der Waals surface area contributed by atoms with Crippen molar-refractivity contribution in [2.75, 3.05) is 0 Å². The number of H-pyrrole nitrogens is 1. The molecule has 106 valence electrons. The standard InChI is InChI=1S/C17H15ClN2O/c1-11-2-5-13-9-16(20-15(13)8-11)17(21)19-10-12-3-6-14(18)7-4-12/h2-9,20H,10H2,1H3,(H,19,21). The number of nitrogens with one attached hydrogen (secondary N) is 2. The minimum absolute atomic E-state index is 0.112. The van der Waals surface area contributed by atoms with Crippen molar-refractivity contribution in [3.05, 3.63) is 70.4 Å². The monoisotopic (exact) mass is 298 g/mol. The van der Waals surface area contributed by atoms with Gasteiger partial charge >= 0.3 is 0 Å². The molecule has 0 spiro atoms. The SMILES string of the molecule is Cc1ccc2cc(C(=O)NCc3ccc(Cl)cc3)[nH]c2c1. The second kappa shape index (κ2) is 5.62. The maximum atomic E-state index is 12.2. The zero-order valence-electron chi connectivity index (χ0n) is 11.6. The highest BCUT2D eigenvalue weighted by atomic mass is 35.5. The van der Waals surface area contributed by atoms with Crippen LogP contribution in [0.25, 0.3) is 10.9 Å². The summed E-state index contributed by atoms with van der Waals surface area (Å²) in [7, 11) is 0. The summed E-state index contributed by atoms with van der Waals surface area (Å²) in [4.78, 5) is 15.3. The van der Waals surface area contributed by atoms with Crippen molar-refractivity contribution in [3.63, 3.8) is 0 Å². The van der Waals surface area contributed by atoms with Gasteiger partial charge < -0.3 is 10.3 Å². The second-order valence-electron chi connectivity index (χ2n) is 5.08. The number of carbonyl (C=O) groups is 1. The van der Waals surface area contributed by atoms with Crippen LogP contribution in [0.4, 0.5) is 0 Å². The highest BCUT2D eigenvalue weighted by Gasteiger charge is 2.09. The number of amides is 1. The van der Waals surface area contributed by atoms with Gasteiger partial charge in [0.2, 0.25) is 0 Å². The van der Waals surface area contributed by atoms with Crippen LogP contribution in [0.3, 0.4) is 0 Å². The third kappa shape index (κ3) is 3.09. The van der Waals surface area contributed by atoms with Crippen LogP contribution >= 0.6 is 11.6 Å². The highest BCUT2D eigenvalue weighted by Crippen LogP contribution is 2.17. The van der Waals surface area contributed by atoms with Crippen LogP contribution in [0.15, 0.2) is 48.5 Å². The Labute approximate surface area is 127 Å². The molecule has 0 aliphatic heterocycles. The molecular weight excluding hydrogens is 284 g/mol. The predicted molar refractivity (Wildman–Crippen MR) is 85.7 cm³/mol. The first-order chi connectivity index (χ1) is 10.1. The van der Waals surface area contributed by atoms with Crippen LogP contribution < -0.4 is 5.32 Å². The van der Waals surface area contributed by atoms with Crippen molar-refractivity contribution >= 4 is 28.4 Å². The van der Waals surface area contributed by atoms with Gasteiger partial charge in [-0.3, -0.25) is 4.79 Å². The van der Waals surface area contributed by atoms with Gasteiger partial charge in [-0.25, -0.2) is 0 Å². The summed E-state index contributed by atoms with van der Waals surface area (Å²) in [5.74, 6) is -0.112. The number of aromatic amines is 1. The van der Waals surface area contributed by atoms with E-state index in [2.05, 4.69) is 10.3 Å². The number of halogens is 1. The molecule has 0 fully saturated rings. The smallest absolute Gasteiger partial charge is 0.267 e. The van der Waals surface area contributed by atoms with E-state index in [-0.39, 0.29) is 5.91 Å². The summed E-state index contributed by atoms with van der Waals surface area (Å²) in [6.45, 7) is 2.50. The van der Waals surface area contributed by atoms with Crippen LogP contribution in [0.5, 0.6) is 0 Å². The molecule has 1 heterocycles. The summed E-state index contributed by atoms with van der Waals surface area (Å²) in [5, 5.41) is 4.63. The summed E-state index contributed by atoms with van der Waals surface area (Å²) < 4.78 is 0. The van der Waals surface area contributed by atoms with E-state index >= 15 is 0 Å². The molecule has 0 saturated carbocycles. The van der Waals surface area contributed by atoms with E-state index in [4.69, 9.17) is 11.6 Å². The Morgan fingerprint density at radius 2 is 1.90 bits per heavy atom. The minimum Gasteiger partial charge on any atom is -0.351 e. The number of rotatable bonds is 3. The lowest BCUT2D eigenvalue weighted by Crippen LogP contribution is -2.22. The van der Waals surface area contributed by atoms with E-state index in [0.29, 0.717) is 17.3 Å². The van der Waals surface area contributed by atoms with Crippen LogP contribution in [-0.4, -0.2) is 10.9 Å². The second-order valence-corrected chi connectivity index (χ2v) is 5.52. The Morgan fingerprint density at radius 1 is 1.14 bits per heavy atom. The molecule has 21 heavy (non-hydrogen) atoms. The fourth-order valence-corrected chi connectivity index (χ4v) is 2.37. The van der Waals surface area contributed by atoms with Gasteiger partial charge in [0.1, 0.15) is 5.69 Å². The zero-order valence-corrected chi connectivity index (χ0v) is 12.4. The van der Waals surface area contributed by atoms with Crippen LogP contribution in [0.1, 0.15) is 21.6 Å². The van der Waals surface area contributed by atoms with Gasteiger partial charge in [0, 0.05) is 22.5 Å². The first-order valence-electron chi connectivity index (χ1n) is 6.74. The van der Waals surface area contributed by atoms with Crippen LogP contribution in [0, 0.1) is 6.92 Å². The molecule has 3 rings (SSSR count). The minimum atomic E-state index is -0.112. The number of aryl methyl sites for hydroxylation is 1. The molecule has 4 heteroatoms. The van der Waals surface area contributed by atoms with E-state index in [1.807, 2.05) is 55.5 Å². The fraction of sp³-hybridized carbons (Fsp3) is 0.118. The Balaban J connectivity index is 1.73. The molecule has 0 saturated heterocycles. The number of benzene rings is 2. The number of aromatic nitrogens is 1. The third-order valence-corrected chi connectivity index (χ3v) is 3.64. The molecule has 0 bridgehead atoms. The molecule has 2 aromatic carbocycles. The fourth-order valence-electron chi connectivity index (χ4n) is 2.24. The largest absolute Gasteiger partial charge is 0.351 e. The van der Waals surface area contributed by atoms with Gasteiger partial charge in [0.05, 0.1) is 0 Å². The molecule has 3 nitrogen and oxygen atoms in total. The summed E-state index contributed by atoms with van der Waals surface area (Å²) >= 11 is 5.84. The summed E-state index contributed by atoms with van der Waals surface area (Å²) in [5.41, 5.74) is 3.73. The van der Waals surface area contributed by atoms with E-state index in [0.717, 1.165) is 22.0 Å². The summed E-state index contributed by atoms with van der Waals surface area (Å²) in [6, 6.07) is 15.4. The lowest BCUT2D eigenvalue weighted by molar-refractivity contribution is 0.0947. The average Bonchev–Trinajstić information content (AvgIpc) is 2.89. The zero-order chi connectivity index (χ0) is 14.8. The van der Waals surface area contributed by atoms with Gasteiger partial charge in [-0.15, -0.1) is 0 Å². The van der Waals surface area contributed by atoms with Gasteiger partial charge in [0.15, 0.2) is 0 Å². The number of fused-ring (bicyclic) bond motifs is 1. The third-order valence-electron chi connectivity index (χ3n) is 3.39. The molecule has 3 aromatic rings. The summed E-state index contributed by atoms with van der Waals surface area (Å²) in [6.07, 6.45) is 0. The first-order valence-corrected chi connectivity index (χ1v) is 7.11. The molecule has 1 aromatic heterocycles. The maximum absolute atomic E-state index is 12.2. The lowest BCUT2D eigenvalue weighted by Gasteiger charge is -2.04. The average molecular weight is 299 g/mol. The first kappa shape index (κ1) is 13.7. The number of carbonyl (C=O) groups excluding carboxylic acids is 1. The highest BCUT2D eigenvalue weighted by molar-refractivity contribution is 6.30. The molecular formula is C17H15ClN2O.